The van der Waals surface area contributed by atoms with Gasteiger partial charge in [0.15, 0.2) is 0 Å². The number of aromatic nitrogens is 1. The molecule has 1 heterocycles. The molecule has 0 bridgehead atoms. The van der Waals surface area contributed by atoms with Crippen LogP contribution in [0.1, 0.15) is 22.3 Å². The fraction of sp³-hybridized carbons (Fsp3) is 0.286. The lowest BCUT2D eigenvalue weighted by Gasteiger charge is -2.21. The van der Waals surface area contributed by atoms with Gasteiger partial charge in [-0.3, -0.25) is 4.79 Å². The fourth-order valence-corrected chi connectivity index (χ4v) is 4.79. The molecule has 3 rings (SSSR count). The first-order valence-electron chi connectivity index (χ1n) is 9.14. The minimum atomic E-state index is -3.95. The zero-order valence-electron chi connectivity index (χ0n) is 16.5. The van der Waals surface area contributed by atoms with Gasteiger partial charge in [0.25, 0.3) is 5.56 Å². The van der Waals surface area contributed by atoms with Crippen molar-refractivity contribution in [3.8, 4) is 0 Å². The van der Waals surface area contributed by atoms with Crippen LogP contribution in [-0.2, 0) is 16.6 Å². The van der Waals surface area contributed by atoms with Gasteiger partial charge in [0.1, 0.15) is 0 Å². The van der Waals surface area contributed by atoms with E-state index in [9.17, 15) is 18.3 Å². The number of fused-ring (bicyclic) bond motifs is 1. The third kappa shape index (κ3) is 4.38. The van der Waals surface area contributed by atoms with Crippen molar-refractivity contribution < 1.29 is 13.5 Å². The van der Waals surface area contributed by atoms with Gasteiger partial charge in [0.2, 0.25) is 10.0 Å². The van der Waals surface area contributed by atoms with Crippen LogP contribution in [0.2, 0.25) is 5.02 Å². The Labute approximate surface area is 174 Å². The molecule has 0 spiro atoms. The van der Waals surface area contributed by atoms with E-state index in [1.807, 2.05) is 26.0 Å². The summed E-state index contributed by atoms with van der Waals surface area (Å²) in [5.74, 6) is 0. The lowest BCUT2D eigenvalue weighted by atomic mass is 10.1. The third-order valence-electron chi connectivity index (χ3n) is 5.01. The summed E-state index contributed by atoms with van der Waals surface area (Å²) in [7, 11) is -3.95. The topological polar surface area (TPSA) is 90.5 Å². The number of hydrogen-bond acceptors (Lipinski definition) is 4. The molecule has 2 aromatic carbocycles. The number of aromatic amines is 1. The summed E-state index contributed by atoms with van der Waals surface area (Å²) in [4.78, 5) is 15.4. The third-order valence-corrected chi connectivity index (χ3v) is 7.26. The predicted molar refractivity (Wildman–Crippen MR) is 115 cm³/mol. The molecule has 6 nitrogen and oxygen atoms in total. The van der Waals surface area contributed by atoms with Crippen LogP contribution >= 0.6 is 11.6 Å². The second-order valence-electron chi connectivity index (χ2n) is 7.12. The summed E-state index contributed by atoms with van der Waals surface area (Å²) < 4.78 is 27.3. The highest BCUT2D eigenvalue weighted by Crippen LogP contribution is 2.24. The number of hydrogen-bond donors (Lipinski definition) is 2. The Bertz CT molecular complexity index is 1240. The van der Waals surface area contributed by atoms with Gasteiger partial charge in [0, 0.05) is 29.2 Å². The van der Waals surface area contributed by atoms with Gasteiger partial charge in [-0.1, -0.05) is 17.7 Å². The predicted octanol–water partition coefficient (Wildman–Crippen LogP) is 3.29. The van der Waals surface area contributed by atoms with Crippen LogP contribution in [0.5, 0.6) is 0 Å². The molecule has 0 aliphatic rings. The quantitative estimate of drug-likeness (QED) is 0.622. The average molecular weight is 435 g/mol. The van der Waals surface area contributed by atoms with Gasteiger partial charge in [0.05, 0.1) is 11.5 Å². The van der Waals surface area contributed by atoms with E-state index < -0.39 is 10.0 Å². The monoisotopic (exact) mass is 434 g/mol. The van der Waals surface area contributed by atoms with Gasteiger partial charge in [-0.25, -0.2) is 8.42 Å². The minimum Gasteiger partial charge on any atom is -0.395 e. The molecule has 8 heteroatoms. The van der Waals surface area contributed by atoms with Crippen LogP contribution in [0, 0.1) is 20.8 Å². The highest BCUT2D eigenvalue weighted by Gasteiger charge is 2.26. The smallest absolute Gasteiger partial charge is 0.252 e. The molecule has 0 aliphatic carbocycles. The van der Waals surface area contributed by atoms with Crippen LogP contribution in [0.15, 0.2) is 46.1 Å². The molecule has 154 valence electrons. The van der Waals surface area contributed by atoms with E-state index in [1.165, 1.54) is 12.1 Å². The number of aryl methyl sites for hydroxylation is 3. The Morgan fingerprint density at radius 2 is 1.72 bits per heavy atom. The lowest BCUT2D eigenvalue weighted by molar-refractivity contribution is 0.251. The van der Waals surface area contributed by atoms with Gasteiger partial charge in [-0.15, -0.1) is 0 Å². The Balaban J connectivity index is 2.04. The normalized spacial score (nSPS) is 12.1. The SMILES string of the molecule is Cc1cc2cc(CN(CCO)S(=O)(=O)c3ccc(C)c(Cl)c3)c(=O)[nH]c2cc1C. The number of benzene rings is 2. The summed E-state index contributed by atoms with van der Waals surface area (Å²) in [6.07, 6.45) is 0. The van der Waals surface area contributed by atoms with Gasteiger partial charge < -0.3 is 10.1 Å². The van der Waals surface area contributed by atoms with Crippen LogP contribution in [-0.4, -0.2) is 36.0 Å². The van der Waals surface area contributed by atoms with E-state index in [4.69, 9.17) is 11.6 Å². The van der Waals surface area contributed by atoms with Crippen LogP contribution in [0.3, 0.4) is 0 Å². The molecule has 0 aliphatic heterocycles. The lowest BCUT2D eigenvalue weighted by Crippen LogP contribution is -2.35. The van der Waals surface area contributed by atoms with E-state index in [1.54, 1.807) is 19.1 Å². The second kappa shape index (κ2) is 8.28. The second-order valence-corrected chi connectivity index (χ2v) is 9.47. The molecule has 0 radical (unpaired) electrons. The molecule has 29 heavy (non-hydrogen) atoms. The van der Waals surface area contributed by atoms with E-state index in [2.05, 4.69) is 4.98 Å². The number of aliphatic hydroxyl groups excluding tert-OH is 1. The standard InChI is InChI=1S/C21H23ClN2O4S/c1-13-4-5-18(11-19(13)22)29(27,28)24(6-7-25)12-17-10-16-8-14(2)15(3)9-20(16)23-21(17)26/h4-5,8-11,25H,6-7,12H2,1-3H3,(H,23,26). The van der Waals surface area contributed by atoms with E-state index in [0.29, 0.717) is 16.1 Å². The first-order valence-corrected chi connectivity index (χ1v) is 11.0. The molecule has 0 fully saturated rings. The zero-order chi connectivity index (χ0) is 21.3. The van der Waals surface area contributed by atoms with E-state index in [0.717, 1.165) is 26.4 Å². The maximum atomic E-state index is 13.1. The molecule has 1 aromatic heterocycles. The van der Waals surface area contributed by atoms with Crippen molar-refractivity contribution in [3.05, 3.63) is 74.0 Å². The fourth-order valence-electron chi connectivity index (χ4n) is 3.11. The van der Waals surface area contributed by atoms with Gasteiger partial charge in [-0.2, -0.15) is 4.31 Å². The summed E-state index contributed by atoms with van der Waals surface area (Å²) in [6.45, 7) is 5.04. The number of aliphatic hydroxyl groups is 1. The Morgan fingerprint density at radius 3 is 2.38 bits per heavy atom. The molecule has 0 saturated heterocycles. The van der Waals surface area contributed by atoms with Gasteiger partial charge in [-0.05, 0) is 73.2 Å². The van der Waals surface area contributed by atoms with Crippen molar-refractivity contribution in [2.24, 2.45) is 0 Å². The molecule has 0 unspecified atom stereocenters. The van der Waals surface area contributed by atoms with Crippen molar-refractivity contribution in [2.75, 3.05) is 13.2 Å². The number of nitrogens with zero attached hydrogens (tertiary/aromatic N) is 1. The van der Waals surface area contributed by atoms with Crippen LogP contribution in [0.25, 0.3) is 10.9 Å². The Morgan fingerprint density at radius 1 is 1.03 bits per heavy atom. The summed E-state index contributed by atoms with van der Waals surface area (Å²) in [6, 6.07) is 10.0. The van der Waals surface area contributed by atoms with Crippen molar-refractivity contribution in [1.29, 1.82) is 0 Å². The number of H-pyrrole nitrogens is 1. The first kappa shape index (κ1) is 21.5. The summed E-state index contributed by atoms with van der Waals surface area (Å²) in [5.41, 5.74) is 3.53. The zero-order valence-corrected chi connectivity index (χ0v) is 18.1. The van der Waals surface area contributed by atoms with Crippen LogP contribution in [0.4, 0.5) is 0 Å². The minimum absolute atomic E-state index is 0.0187. The Kier molecular flexibility index (Phi) is 6.14. The van der Waals surface area contributed by atoms with Crippen molar-refractivity contribution >= 4 is 32.5 Å². The van der Waals surface area contributed by atoms with Gasteiger partial charge >= 0.3 is 0 Å². The molecule has 0 atom stereocenters. The molecular formula is C21H23ClN2O4S. The Hall–Kier alpha value is -2.19. The maximum absolute atomic E-state index is 13.1. The maximum Gasteiger partial charge on any atom is 0.252 e. The number of rotatable bonds is 6. The molecule has 3 aromatic rings. The molecule has 2 N–H and O–H groups in total. The van der Waals surface area contributed by atoms with Crippen molar-refractivity contribution in [1.82, 2.24) is 9.29 Å². The highest BCUT2D eigenvalue weighted by molar-refractivity contribution is 7.89. The number of nitrogens with one attached hydrogen (secondary N) is 1. The van der Waals surface area contributed by atoms with Crippen molar-refractivity contribution in [3.63, 3.8) is 0 Å². The summed E-state index contributed by atoms with van der Waals surface area (Å²) in [5, 5.41) is 10.6. The number of sulfonamides is 1. The molecule has 0 amide bonds. The average Bonchev–Trinajstić information content (AvgIpc) is 2.65. The van der Waals surface area contributed by atoms with Crippen molar-refractivity contribution in [2.45, 2.75) is 32.2 Å². The number of halogens is 1. The largest absolute Gasteiger partial charge is 0.395 e. The van der Waals surface area contributed by atoms with Crippen LogP contribution < -0.4 is 5.56 Å². The first-order chi connectivity index (χ1) is 13.6. The van der Waals surface area contributed by atoms with E-state index >= 15 is 0 Å². The number of pyridine rings is 1. The molecule has 0 saturated carbocycles. The van der Waals surface area contributed by atoms with E-state index in [-0.39, 0.29) is 30.2 Å². The highest BCUT2D eigenvalue weighted by atomic mass is 35.5. The molecular weight excluding hydrogens is 412 g/mol. The summed E-state index contributed by atoms with van der Waals surface area (Å²) >= 11 is 6.09.